The molecule has 1 N–H and O–H groups in total. The molecule has 1 heterocycles. The van der Waals surface area contributed by atoms with Crippen LogP contribution in [-0.2, 0) is 6.54 Å². The number of amides is 1. The molecule has 1 atom stereocenters. The minimum atomic E-state index is -0.111. The van der Waals surface area contributed by atoms with Crippen LogP contribution in [0.5, 0.6) is 5.75 Å². The third-order valence-corrected chi connectivity index (χ3v) is 6.32. The standard InChI is InChI=1S/C31H35N3O2/c1-4-7-18-27(23-14-10-8-11-15-23)32-31(35)29-28(24-19-21-26(22-20-24)36-6-3)33-30(34(29)5-2)25-16-12-9-13-17-25/h8-17,19-22,27H,4-7,18H2,1-3H3,(H,32,35). The number of imidazole rings is 1. The van der Waals surface area contributed by atoms with Crippen LogP contribution in [0.25, 0.3) is 22.6 Å². The van der Waals surface area contributed by atoms with Gasteiger partial charge in [-0.15, -0.1) is 0 Å². The molecular weight excluding hydrogens is 446 g/mol. The summed E-state index contributed by atoms with van der Waals surface area (Å²) in [6.07, 6.45) is 2.99. The Morgan fingerprint density at radius 1 is 0.889 bits per heavy atom. The first-order chi connectivity index (χ1) is 17.7. The first-order valence-corrected chi connectivity index (χ1v) is 12.9. The molecule has 36 heavy (non-hydrogen) atoms. The zero-order chi connectivity index (χ0) is 25.3. The van der Waals surface area contributed by atoms with Crippen LogP contribution in [0.1, 0.15) is 62.1 Å². The van der Waals surface area contributed by atoms with Crippen molar-refractivity contribution in [2.24, 2.45) is 0 Å². The molecule has 0 aliphatic rings. The fourth-order valence-corrected chi connectivity index (χ4v) is 4.52. The molecule has 4 aromatic rings. The van der Waals surface area contributed by atoms with E-state index in [1.165, 1.54) is 0 Å². The van der Waals surface area contributed by atoms with Crippen LogP contribution in [-0.4, -0.2) is 22.1 Å². The third kappa shape index (κ3) is 5.68. The Labute approximate surface area is 214 Å². The number of rotatable bonds is 11. The highest BCUT2D eigenvalue weighted by Gasteiger charge is 2.26. The predicted octanol–water partition coefficient (Wildman–Crippen LogP) is 7.30. The molecule has 0 aliphatic carbocycles. The molecule has 1 unspecified atom stereocenters. The molecule has 4 rings (SSSR count). The van der Waals surface area contributed by atoms with E-state index in [0.29, 0.717) is 24.5 Å². The molecule has 0 spiro atoms. The monoisotopic (exact) mass is 481 g/mol. The second-order valence-corrected chi connectivity index (χ2v) is 8.78. The van der Waals surface area contributed by atoms with Gasteiger partial charge in [-0.25, -0.2) is 4.98 Å². The molecule has 1 aromatic heterocycles. The third-order valence-electron chi connectivity index (χ3n) is 6.32. The summed E-state index contributed by atoms with van der Waals surface area (Å²) in [5.41, 5.74) is 4.25. The summed E-state index contributed by atoms with van der Waals surface area (Å²) >= 11 is 0. The van der Waals surface area contributed by atoms with Crippen molar-refractivity contribution in [2.75, 3.05) is 6.61 Å². The number of unbranched alkanes of at least 4 members (excludes halogenated alkanes) is 1. The summed E-state index contributed by atoms with van der Waals surface area (Å²) in [5, 5.41) is 3.34. The summed E-state index contributed by atoms with van der Waals surface area (Å²) < 4.78 is 7.65. The number of hydrogen-bond donors (Lipinski definition) is 1. The van der Waals surface area contributed by atoms with Crippen LogP contribution in [0.2, 0.25) is 0 Å². The minimum absolute atomic E-state index is 0.0628. The summed E-state index contributed by atoms with van der Waals surface area (Å²) in [7, 11) is 0. The summed E-state index contributed by atoms with van der Waals surface area (Å²) in [6, 6.07) is 28.0. The predicted molar refractivity (Wildman–Crippen MR) is 146 cm³/mol. The Morgan fingerprint density at radius 2 is 1.56 bits per heavy atom. The highest BCUT2D eigenvalue weighted by molar-refractivity contribution is 5.99. The van der Waals surface area contributed by atoms with Gasteiger partial charge in [-0.2, -0.15) is 0 Å². The molecule has 3 aromatic carbocycles. The van der Waals surface area contributed by atoms with E-state index in [9.17, 15) is 4.79 Å². The molecule has 0 fully saturated rings. The summed E-state index contributed by atoms with van der Waals surface area (Å²) in [4.78, 5) is 19.0. The van der Waals surface area contributed by atoms with Crippen LogP contribution < -0.4 is 10.1 Å². The maximum Gasteiger partial charge on any atom is 0.270 e. The van der Waals surface area contributed by atoms with E-state index in [0.717, 1.165) is 47.5 Å². The van der Waals surface area contributed by atoms with Crippen LogP contribution in [0.4, 0.5) is 0 Å². The number of carbonyl (C=O) groups is 1. The van der Waals surface area contributed by atoms with Gasteiger partial charge in [0.1, 0.15) is 23.0 Å². The molecule has 1 amide bonds. The van der Waals surface area contributed by atoms with E-state index in [1.807, 2.05) is 84.3 Å². The van der Waals surface area contributed by atoms with Crippen molar-refractivity contribution >= 4 is 5.91 Å². The zero-order valence-corrected chi connectivity index (χ0v) is 21.4. The van der Waals surface area contributed by atoms with Gasteiger partial charge in [0.05, 0.1) is 12.6 Å². The van der Waals surface area contributed by atoms with Crippen LogP contribution in [0.3, 0.4) is 0 Å². The van der Waals surface area contributed by atoms with Crippen molar-refractivity contribution in [3.8, 4) is 28.4 Å². The molecule has 0 bridgehead atoms. The lowest BCUT2D eigenvalue weighted by molar-refractivity contribution is 0.0925. The van der Waals surface area contributed by atoms with Gasteiger partial charge in [0.25, 0.3) is 5.91 Å². The first kappa shape index (κ1) is 25.2. The number of carbonyl (C=O) groups excluding carboxylic acids is 1. The molecule has 186 valence electrons. The molecule has 0 radical (unpaired) electrons. The fraction of sp³-hybridized carbons (Fsp3) is 0.290. The highest BCUT2D eigenvalue weighted by atomic mass is 16.5. The average molecular weight is 482 g/mol. The molecular formula is C31H35N3O2. The van der Waals surface area contributed by atoms with Gasteiger partial charge in [0.2, 0.25) is 0 Å². The molecule has 0 saturated carbocycles. The second-order valence-electron chi connectivity index (χ2n) is 8.78. The Hall–Kier alpha value is -3.86. The van der Waals surface area contributed by atoms with E-state index in [1.54, 1.807) is 0 Å². The smallest absolute Gasteiger partial charge is 0.270 e. The van der Waals surface area contributed by atoms with Gasteiger partial charge in [-0.3, -0.25) is 4.79 Å². The molecule has 0 saturated heterocycles. The maximum absolute atomic E-state index is 14.0. The molecule has 5 nitrogen and oxygen atoms in total. The van der Waals surface area contributed by atoms with Crippen molar-refractivity contribution in [2.45, 2.75) is 52.6 Å². The van der Waals surface area contributed by atoms with Crippen LogP contribution in [0, 0.1) is 0 Å². The van der Waals surface area contributed by atoms with Crippen molar-refractivity contribution in [1.29, 1.82) is 0 Å². The van der Waals surface area contributed by atoms with Gasteiger partial charge in [-0.1, -0.05) is 80.4 Å². The van der Waals surface area contributed by atoms with Crippen molar-refractivity contribution in [3.05, 3.63) is 96.2 Å². The van der Waals surface area contributed by atoms with Gasteiger partial charge in [-0.05, 0) is 50.1 Å². The fourth-order valence-electron chi connectivity index (χ4n) is 4.52. The van der Waals surface area contributed by atoms with Crippen molar-refractivity contribution in [3.63, 3.8) is 0 Å². The SMILES string of the molecule is CCCCC(NC(=O)c1c(-c2ccc(OCC)cc2)nc(-c2ccccc2)n1CC)c1ccccc1. The number of nitrogens with zero attached hydrogens (tertiary/aromatic N) is 2. The summed E-state index contributed by atoms with van der Waals surface area (Å²) in [6.45, 7) is 7.42. The minimum Gasteiger partial charge on any atom is -0.494 e. The molecule has 0 aliphatic heterocycles. The Balaban J connectivity index is 1.79. The van der Waals surface area contributed by atoms with Crippen LogP contribution in [0.15, 0.2) is 84.9 Å². The van der Waals surface area contributed by atoms with E-state index >= 15 is 0 Å². The highest BCUT2D eigenvalue weighted by Crippen LogP contribution is 2.31. The number of nitrogens with one attached hydrogen (secondary N) is 1. The lowest BCUT2D eigenvalue weighted by Gasteiger charge is -2.20. The quantitative estimate of drug-likeness (QED) is 0.245. The summed E-state index contributed by atoms with van der Waals surface area (Å²) in [5.74, 6) is 1.48. The Bertz CT molecular complexity index is 1250. The zero-order valence-electron chi connectivity index (χ0n) is 21.4. The van der Waals surface area contributed by atoms with Gasteiger partial charge < -0.3 is 14.6 Å². The van der Waals surface area contributed by atoms with E-state index < -0.39 is 0 Å². The maximum atomic E-state index is 14.0. The number of ether oxygens (including phenoxy) is 1. The average Bonchev–Trinajstić information content (AvgIpc) is 3.32. The Morgan fingerprint density at radius 3 is 2.17 bits per heavy atom. The lowest BCUT2D eigenvalue weighted by Crippen LogP contribution is -2.31. The van der Waals surface area contributed by atoms with Crippen molar-refractivity contribution < 1.29 is 9.53 Å². The van der Waals surface area contributed by atoms with Crippen LogP contribution >= 0.6 is 0 Å². The van der Waals surface area contributed by atoms with Gasteiger partial charge in [0, 0.05) is 17.7 Å². The van der Waals surface area contributed by atoms with E-state index in [4.69, 9.17) is 9.72 Å². The lowest BCUT2D eigenvalue weighted by atomic mass is 10.0. The normalized spacial score (nSPS) is 11.8. The van der Waals surface area contributed by atoms with Gasteiger partial charge in [0.15, 0.2) is 0 Å². The van der Waals surface area contributed by atoms with Gasteiger partial charge >= 0.3 is 0 Å². The van der Waals surface area contributed by atoms with E-state index in [2.05, 4.69) is 31.3 Å². The first-order valence-electron chi connectivity index (χ1n) is 12.9. The second kappa shape index (κ2) is 12.2. The largest absolute Gasteiger partial charge is 0.494 e. The number of hydrogen-bond acceptors (Lipinski definition) is 3. The van der Waals surface area contributed by atoms with Crippen molar-refractivity contribution in [1.82, 2.24) is 14.9 Å². The topological polar surface area (TPSA) is 56.1 Å². The Kier molecular flexibility index (Phi) is 8.56. The number of benzene rings is 3. The number of aromatic nitrogens is 2. The van der Waals surface area contributed by atoms with E-state index in [-0.39, 0.29) is 11.9 Å². The molecule has 5 heteroatoms.